The Kier molecular flexibility index (Phi) is 4.68. The van der Waals surface area contributed by atoms with E-state index >= 15 is 0 Å². The average Bonchev–Trinajstić information content (AvgIpc) is 2.12. The molecule has 1 fully saturated rings. The number of nitrogens with zero attached hydrogens (tertiary/aromatic N) is 1. The number of hydrogen-bond donors (Lipinski definition) is 4. The van der Waals surface area contributed by atoms with Crippen molar-refractivity contribution in [3.63, 3.8) is 0 Å². The van der Waals surface area contributed by atoms with E-state index in [0.29, 0.717) is 26.3 Å². The lowest BCUT2D eigenvalue weighted by Gasteiger charge is -2.30. The summed E-state index contributed by atoms with van der Waals surface area (Å²) in [6, 6.07) is 0. The van der Waals surface area contributed by atoms with Crippen molar-refractivity contribution in [3.05, 3.63) is 0 Å². The largest absolute Gasteiger partial charge is 0.379 e. The summed E-state index contributed by atoms with van der Waals surface area (Å²) in [6.45, 7) is 1.30. The molecule has 0 aliphatic carbocycles. The van der Waals surface area contributed by atoms with Crippen molar-refractivity contribution in [2.75, 3.05) is 32.8 Å². The zero-order valence-electron chi connectivity index (χ0n) is 8.47. The van der Waals surface area contributed by atoms with E-state index < -0.39 is 20.6 Å². The van der Waals surface area contributed by atoms with Crippen molar-refractivity contribution >= 4 is 15.2 Å². The highest BCUT2D eigenvalue weighted by atomic mass is 31.2. The van der Waals surface area contributed by atoms with Crippen LogP contribution in [0.2, 0.25) is 0 Å². The van der Waals surface area contributed by atoms with Gasteiger partial charge in [0.05, 0.1) is 13.2 Å². The molecule has 0 bridgehead atoms. The molecule has 0 aromatic carbocycles. The topological polar surface area (TPSA) is 128 Å². The first kappa shape index (κ1) is 14.3. The van der Waals surface area contributed by atoms with Crippen LogP contribution in [0.15, 0.2) is 0 Å². The molecule has 4 N–H and O–H groups in total. The molecule has 0 aromatic heterocycles. The zero-order chi connectivity index (χ0) is 12.4. The number of morpholine rings is 1. The molecule has 1 saturated heterocycles. The van der Waals surface area contributed by atoms with E-state index in [2.05, 4.69) is 0 Å². The van der Waals surface area contributed by atoms with Gasteiger partial charge in [0.1, 0.15) is 0 Å². The van der Waals surface area contributed by atoms with E-state index in [9.17, 15) is 9.13 Å². The van der Waals surface area contributed by atoms with Crippen LogP contribution in [-0.4, -0.2) is 62.7 Å². The Morgan fingerprint density at radius 2 is 1.50 bits per heavy atom. The van der Waals surface area contributed by atoms with E-state index in [-0.39, 0.29) is 6.54 Å². The molecule has 1 aliphatic heterocycles. The summed E-state index contributed by atoms with van der Waals surface area (Å²) in [5, 5.41) is -1.95. The predicted molar refractivity (Wildman–Crippen MR) is 55.1 cm³/mol. The quantitative estimate of drug-likeness (QED) is 0.481. The summed E-state index contributed by atoms with van der Waals surface area (Å²) in [6.07, 6.45) is 0. The highest BCUT2D eigenvalue weighted by Gasteiger charge is 2.44. The van der Waals surface area contributed by atoms with Crippen molar-refractivity contribution in [2.24, 2.45) is 0 Å². The van der Waals surface area contributed by atoms with E-state index in [1.165, 1.54) is 0 Å². The van der Waals surface area contributed by atoms with Gasteiger partial charge in [0.15, 0.2) is 5.40 Å². The molecule has 1 rings (SSSR count). The van der Waals surface area contributed by atoms with Gasteiger partial charge in [-0.1, -0.05) is 0 Å². The van der Waals surface area contributed by atoms with Gasteiger partial charge in [0.2, 0.25) is 0 Å². The minimum Gasteiger partial charge on any atom is -0.379 e. The summed E-state index contributed by atoms with van der Waals surface area (Å²) >= 11 is 0. The lowest BCUT2D eigenvalue weighted by Crippen LogP contribution is -2.40. The van der Waals surface area contributed by atoms with E-state index in [0.717, 1.165) is 0 Å². The normalized spacial score (nSPS) is 20.3. The van der Waals surface area contributed by atoms with Gasteiger partial charge in [0, 0.05) is 19.6 Å². The third-order valence-corrected chi connectivity index (χ3v) is 5.99. The molecule has 0 aromatic rings. The molecule has 1 aliphatic rings. The van der Waals surface area contributed by atoms with Gasteiger partial charge in [-0.15, -0.1) is 0 Å². The maximum Gasteiger partial charge on any atom is 0.342 e. The molecule has 16 heavy (non-hydrogen) atoms. The molecule has 0 spiro atoms. The highest BCUT2D eigenvalue weighted by molar-refractivity contribution is 7.70. The van der Waals surface area contributed by atoms with Crippen molar-refractivity contribution in [1.82, 2.24) is 4.90 Å². The van der Waals surface area contributed by atoms with Gasteiger partial charge in [0.25, 0.3) is 0 Å². The van der Waals surface area contributed by atoms with E-state index in [1.807, 2.05) is 0 Å². The second-order valence-corrected chi connectivity index (χ2v) is 7.58. The first-order chi connectivity index (χ1) is 7.21. The lowest BCUT2D eigenvalue weighted by molar-refractivity contribution is 0.0385. The monoisotopic (exact) mass is 275 g/mol. The minimum absolute atomic E-state index is 0.322. The SMILES string of the molecule is O=P(O)(O)C(CN1CCOCC1)P(=O)(O)O. The maximum atomic E-state index is 11.0. The first-order valence-corrected chi connectivity index (χ1v) is 7.98. The Morgan fingerprint density at radius 1 is 1.06 bits per heavy atom. The summed E-state index contributed by atoms with van der Waals surface area (Å²) in [4.78, 5) is 37.2. The summed E-state index contributed by atoms with van der Waals surface area (Å²) < 4.78 is 27.0. The van der Waals surface area contributed by atoms with Crippen LogP contribution in [0, 0.1) is 0 Å². The molecule has 1 heterocycles. The Morgan fingerprint density at radius 3 is 1.88 bits per heavy atom. The maximum absolute atomic E-state index is 11.0. The van der Waals surface area contributed by atoms with Crippen LogP contribution in [-0.2, 0) is 13.9 Å². The minimum atomic E-state index is -4.81. The Hall–Kier alpha value is 0.220. The van der Waals surface area contributed by atoms with Crippen LogP contribution in [0.5, 0.6) is 0 Å². The fourth-order valence-corrected chi connectivity index (χ4v) is 3.88. The van der Waals surface area contributed by atoms with Crippen molar-refractivity contribution < 1.29 is 33.4 Å². The van der Waals surface area contributed by atoms with Crippen molar-refractivity contribution in [2.45, 2.75) is 5.40 Å². The third kappa shape index (κ3) is 4.24. The molecule has 0 amide bonds. The van der Waals surface area contributed by atoms with Gasteiger partial charge in [-0.05, 0) is 0 Å². The molecule has 0 atom stereocenters. The smallest absolute Gasteiger partial charge is 0.342 e. The summed E-state index contributed by atoms with van der Waals surface area (Å²) in [5.74, 6) is 0. The number of rotatable bonds is 4. The predicted octanol–water partition coefficient (Wildman–Crippen LogP) is -1.000. The molecule has 0 unspecified atom stereocenters. The van der Waals surface area contributed by atoms with Crippen LogP contribution < -0.4 is 0 Å². The van der Waals surface area contributed by atoms with Gasteiger partial charge in [-0.3, -0.25) is 14.0 Å². The van der Waals surface area contributed by atoms with Crippen molar-refractivity contribution in [3.8, 4) is 0 Å². The van der Waals surface area contributed by atoms with E-state index in [1.54, 1.807) is 4.90 Å². The van der Waals surface area contributed by atoms with Gasteiger partial charge in [-0.25, -0.2) is 0 Å². The van der Waals surface area contributed by atoms with Gasteiger partial charge in [-0.2, -0.15) is 0 Å². The van der Waals surface area contributed by atoms with Gasteiger partial charge < -0.3 is 24.3 Å². The van der Waals surface area contributed by atoms with Crippen molar-refractivity contribution in [1.29, 1.82) is 0 Å². The number of hydrogen-bond acceptors (Lipinski definition) is 4. The average molecular weight is 275 g/mol. The third-order valence-electron chi connectivity index (χ3n) is 2.30. The molecule has 0 radical (unpaired) electrons. The Balaban J connectivity index is 2.71. The van der Waals surface area contributed by atoms with Crippen LogP contribution in [0.1, 0.15) is 0 Å². The summed E-state index contributed by atoms with van der Waals surface area (Å²) in [5.41, 5.74) is 0. The zero-order valence-corrected chi connectivity index (χ0v) is 10.3. The van der Waals surface area contributed by atoms with Crippen LogP contribution in [0.3, 0.4) is 0 Å². The van der Waals surface area contributed by atoms with E-state index in [4.69, 9.17) is 24.3 Å². The van der Waals surface area contributed by atoms with Crippen LogP contribution >= 0.6 is 15.2 Å². The van der Waals surface area contributed by atoms with Crippen LogP contribution in [0.25, 0.3) is 0 Å². The standard InChI is InChI=1S/C6H15NO7P2/c8-15(9,10)6(16(11,12)13)5-7-1-3-14-4-2-7/h6H,1-5H2,(H2,8,9,10)(H2,11,12,13). The number of ether oxygens (including phenoxy) is 1. The highest BCUT2D eigenvalue weighted by Crippen LogP contribution is 2.59. The Bertz CT molecular complexity index is 295. The molecule has 8 nitrogen and oxygen atoms in total. The first-order valence-electron chi connectivity index (χ1n) is 4.62. The molecular weight excluding hydrogens is 260 g/mol. The second kappa shape index (κ2) is 5.25. The van der Waals surface area contributed by atoms with Gasteiger partial charge >= 0.3 is 15.2 Å². The molecule has 10 heteroatoms. The Labute approximate surface area is 92.5 Å². The second-order valence-electron chi connectivity index (χ2n) is 3.57. The fraction of sp³-hybridized carbons (Fsp3) is 1.00. The fourth-order valence-electron chi connectivity index (χ4n) is 1.42. The van der Waals surface area contributed by atoms with Crippen LogP contribution in [0.4, 0.5) is 0 Å². The molecule has 96 valence electrons. The summed E-state index contributed by atoms with van der Waals surface area (Å²) in [7, 11) is -9.62. The molecular formula is C6H15NO7P2. The molecule has 0 saturated carbocycles. The lowest BCUT2D eigenvalue weighted by atomic mass is 10.4.